The first-order chi connectivity index (χ1) is 14.1. The Bertz CT molecular complexity index is 842. The highest BCUT2D eigenvalue weighted by atomic mass is 32.1. The van der Waals surface area contributed by atoms with Crippen LogP contribution in [0.15, 0.2) is 35.0 Å². The first kappa shape index (κ1) is 20.6. The molecule has 1 atom stereocenters. The van der Waals surface area contributed by atoms with Crippen molar-refractivity contribution in [1.82, 2.24) is 4.90 Å². The average molecular weight is 432 g/mol. The fraction of sp³-hybridized carbons (Fsp3) is 0.500. The number of ether oxygens (including phenoxy) is 1. The van der Waals surface area contributed by atoms with Crippen LogP contribution in [0.4, 0.5) is 0 Å². The highest BCUT2D eigenvalue weighted by Gasteiger charge is 2.47. The number of rotatable bonds is 6. The minimum absolute atomic E-state index is 0.234. The summed E-state index contributed by atoms with van der Waals surface area (Å²) in [6.07, 6.45) is 2.40. The van der Waals surface area contributed by atoms with Crippen LogP contribution in [-0.4, -0.2) is 43.2 Å². The van der Waals surface area contributed by atoms with E-state index in [1.807, 2.05) is 35.0 Å². The number of hydrogen-bond donors (Lipinski definition) is 0. The van der Waals surface area contributed by atoms with Crippen molar-refractivity contribution in [2.24, 2.45) is 5.92 Å². The summed E-state index contributed by atoms with van der Waals surface area (Å²) in [7, 11) is 1.74. The third-order valence-corrected chi connectivity index (χ3v) is 7.75. The summed E-state index contributed by atoms with van der Waals surface area (Å²) in [5, 5.41) is 3.95. The van der Waals surface area contributed by atoms with Gasteiger partial charge in [0.1, 0.15) is 5.60 Å². The Balaban J connectivity index is 1.79. The van der Waals surface area contributed by atoms with Crippen LogP contribution in [0.2, 0.25) is 0 Å². The number of fused-ring (bicyclic) bond motifs is 3. The van der Waals surface area contributed by atoms with Gasteiger partial charge >= 0.3 is 5.97 Å². The fourth-order valence-electron chi connectivity index (χ4n) is 4.11. The van der Waals surface area contributed by atoms with Crippen LogP contribution < -0.4 is 0 Å². The van der Waals surface area contributed by atoms with Gasteiger partial charge in [0.05, 0.1) is 9.75 Å². The Morgan fingerprint density at radius 2 is 1.90 bits per heavy atom. The van der Waals surface area contributed by atoms with Gasteiger partial charge in [0, 0.05) is 26.0 Å². The molecule has 0 spiro atoms. The van der Waals surface area contributed by atoms with E-state index in [-0.39, 0.29) is 6.42 Å². The lowest BCUT2D eigenvalue weighted by atomic mass is 9.75. The van der Waals surface area contributed by atoms with Gasteiger partial charge in [-0.05, 0) is 54.7 Å². The summed E-state index contributed by atoms with van der Waals surface area (Å²) >= 11 is 3.06. The largest absolute Gasteiger partial charge is 0.364 e. The van der Waals surface area contributed by atoms with Crippen molar-refractivity contribution in [3.05, 3.63) is 44.8 Å². The minimum atomic E-state index is -1.16. The van der Waals surface area contributed by atoms with E-state index in [1.54, 1.807) is 14.0 Å². The first-order valence-electron chi connectivity index (χ1n) is 9.90. The number of carbonyl (C=O) groups excluding carboxylic acids is 1. The van der Waals surface area contributed by atoms with E-state index in [0.717, 1.165) is 42.2 Å². The molecule has 3 aliphatic heterocycles. The molecule has 0 amide bonds. The predicted molar refractivity (Wildman–Crippen MR) is 114 cm³/mol. The normalized spacial score (nSPS) is 26.0. The molecule has 7 heteroatoms. The lowest BCUT2D eigenvalue weighted by Crippen LogP contribution is -2.59. The Morgan fingerprint density at radius 3 is 2.34 bits per heavy atom. The van der Waals surface area contributed by atoms with Crippen LogP contribution in [0.25, 0.3) is 0 Å². The Labute approximate surface area is 179 Å². The van der Waals surface area contributed by atoms with Gasteiger partial charge in [-0.2, -0.15) is 4.89 Å². The van der Waals surface area contributed by atoms with E-state index < -0.39 is 17.2 Å². The van der Waals surface area contributed by atoms with Crippen molar-refractivity contribution in [1.29, 1.82) is 0 Å². The molecular formula is C22H25NO4S2. The predicted octanol–water partition coefficient (Wildman–Crippen LogP) is 4.05. The molecule has 5 nitrogen and oxygen atoms in total. The molecule has 0 aliphatic carbocycles. The minimum Gasteiger partial charge on any atom is -0.364 e. The molecule has 3 fully saturated rings. The molecule has 5 heterocycles. The third-order valence-electron chi connectivity index (χ3n) is 5.80. The average Bonchev–Trinajstić information content (AvgIpc) is 3.50. The van der Waals surface area contributed by atoms with Crippen LogP contribution in [0.5, 0.6) is 0 Å². The molecule has 0 N–H and O–H groups in total. The number of nitrogens with zero attached hydrogens (tertiary/aromatic N) is 1. The maximum atomic E-state index is 11.9. The molecule has 3 saturated heterocycles. The van der Waals surface area contributed by atoms with Gasteiger partial charge in [-0.25, -0.2) is 4.79 Å². The summed E-state index contributed by atoms with van der Waals surface area (Å²) in [4.78, 5) is 27.1. The van der Waals surface area contributed by atoms with Crippen LogP contribution in [0.1, 0.15) is 35.9 Å². The SMILES string of the molecule is CCC(=O)OOC(C#C[C@@]1(OC)CN2CCC1CC2)(c1cccs1)c1cccs1. The second-order valence-corrected chi connectivity index (χ2v) is 9.32. The monoisotopic (exact) mass is 431 g/mol. The molecular weight excluding hydrogens is 406 g/mol. The molecule has 0 saturated carbocycles. The van der Waals surface area contributed by atoms with E-state index in [1.165, 1.54) is 22.7 Å². The summed E-state index contributed by atoms with van der Waals surface area (Å²) in [6.45, 7) is 4.73. The Morgan fingerprint density at radius 1 is 1.24 bits per heavy atom. The van der Waals surface area contributed by atoms with Crippen molar-refractivity contribution in [2.45, 2.75) is 37.4 Å². The van der Waals surface area contributed by atoms with Crippen LogP contribution in [-0.2, 0) is 24.9 Å². The molecule has 2 aromatic rings. The highest BCUT2D eigenvalue weighted by Crippen LogP contribution is 2.41. The zero-order valence-electron chi connectivity index (χ0n) is 16.7. The van der Waals surface area contributed by atoms with Gasteiger partial charge in [0.2, 0.25) is 5.60 Å². The zero-order chi connectivity index (χ0) is 20.3. The quantitative estimate of drug-likeness (QED) is 0.392. The van der Waals surface area contributed by atoms with Gasteiger partial charge in [-0.15, -0.1) is 22.7 Å². The fourth-order valence-corrected chi connectivity index (χ4v) is 5.82. The zero-order valence-corrected chi connectivity index (χ0v) is 18.3. The van der Waals surface area contributed by atoms with Crippen molar-refractivity contribution >= 4 is 28.6 Å². The van der Waals surface area contributed by atoms with Crippen LogP contribution in [0.3, 0.4) is 0 Å². The summed E-state index contributed by atoms with van der Waals surface area (Å²) in [5.74, 6) is 6.82. The molecule has 0 aromatic carbocycles. The topological polar surface area (TPSA) is 48.0 Å². The summed E-state index contributed by atoms with van der Waals surface area (Å²) in [6, 6.07) is 7.84. The smallest absolute Gasteiger partial charge is 0.342 e. The van der Waals surface area contributed by atoms with E-state index in [2.05, 4.69) is 16.7 Å². The number of methoxy groups -OCH3 is 1. The summed E-state index contributed by atoms with van der Waals surface area (Å²) < 4.78 is 6.02. The van der Waals surface area contributed by atoms with Gasteiger partial charge < -0.3 is 4.74 Å². The van der Waals surface area contributed by atoms with E-state index in [9.17, 15) is 4.79 Å². The van der Waals surface area contributed by atoms with E-state index in [0.29, 0.717) is 5.92 Å². The maximum Gasteiger partial charge on any atom is 0.342 e. The molecule has 0 unspecified atom stereocenters. The van der Waals surface area contributed by atoms with Crippen molar-refractivity contribution in [3.8, 4) is 11.8 Å². The second kappa shape index (κ2) is 8.58. The first-order valence-corrected chi connectivity index (χ1v) is 11.7. The molecule has 154 valence electrons. The van der Waals surface area contributed by atoms with Crippen molar-refractivity contribution in [3.63, 3.8) is 0 Å². The van der Waals surface area contributed by atoms with Gasteiger partial charge in [-0.1, -0.05) is 25.0 Å². The van der Waals surface area contributed by atoms with Gasteiger partial charge in [0.15, 0.2) is 0 Å². The molecule has 3 aliphatic rings. The standard InChI is InChI=1S/C22H25NO4S2/c1-3-20(24)26-27-22(18-6-4-14-28-18,19-7-5-15-29-19)11-10-21(25-2)16-23-12-8-17(21)9-13-23/h4-7,14-15,17H,3,8-9,12-13,16H2,1-2H3/t21-/m1/s1. The van der Waals surface area contributed by atoms with Crippen LogP contribution >= 0.6 is 22.7 Å². The number of carbonyl (C=O) groups is 1. The maximum absolute atomic E-state index is 11.9. The Hall–Kier alpha value is -1.69. The van der Waals surface area contributed by atoms with Gasteiger partial charge in [-0.3, -0.25) is 9.79 Å². The molecule has 2 aromatic heterocycles. The lowest BCUT2D eigenvalue weighted by molar-refractivity contribution is -0.310. The number of piperidine rings is 3. The third kappa shape index (κ3) is 3.88. The molecule has 0 radical (unpaired) electrons. The van der Waals surface area contributed by atoms with Crippen molar-refractivity contribution in [2.75, 3.05) is 26.7 Å². The highest BCUT2D eigenvalue weighted by molar-refractivity contribution is 7.11. The number of thiophene rings is 2. The Kier molecular flexibility index (Phi) is 6.09. The van der Waals surface area contributed by atoms with Crippen LogP contribution in [0, 0.1) is 17.8 Å². The lowest BCUT2D eigenvalue weighted by Gasteiger charge is -2.49. The second-order valence-electron chi connectivity index (χ2n) is 7.42. The van der Waals surface area contributed by atoms with E-state index in [4.69, 9.17) is 14.5 Å². The summed E-state index contributed by atoms with van der Waals surface area (Å²) in [5.41, 5.74) is -1.70. The molecule has 5 rings (SSSR count). The van der Waals surface area contributed by atoms with Crippen molar-refractivity contribution < 1.29 is 19.3 Å². The van der Waals surface area contributed by atoms with E-state index >= 15 is 0 Å². The molecule has 29 heavy (non-hydrogen) atoms. The van der Waals surface area contributed by atoms with Gasteiger partial charge in [0.25, 0.3) is 0 Å². The number of hydrogen-bond acceptors (Lipinski definition) is 7. The molecule has 2 bridgehead atoms.